The first-order chi connectivity index (χ1) is 8.69. The van der Waals surface area contributed by atoms with Gasteiger partial charge in [-0.3, -0.25) is 0 Å². The largest absolute Gasteiger partial charge is 0.383 e. The van der Waals surface area contributed by atoms with Gasteiger partial charge in [0.25, 0.3) is 0 Å². The monoisotopic (exact) mass is 267 g/mol. The number of hydrogen-bond donors (Lipinski definition) is 1. The number of aromatic nitrogens is 2. The molecule has 0 amide bonds. The van der Waals surface area contributed by atoms with Gasteiger partial charge in [0, 0.05) is 30.8 Å². The van der Waals surface area contributed by atoms with E-state index in [0.29, 0.717) is 29.7 Å². The van der Waals surface area contributed by atoms with Crippen LogP contribution in [0.1, 0.15) is 5.56 Å². The molecule has 1 N–H and O–H groups in total. The van der Waals surface area contributed by atoms with Gasteiger partial charge in [-0.2, -0.15) is 9.36 Å². The van der Waals surface area contributed by atoms with Gasteiger partial charge < -0.3 is 10.1 Å². The average molecular weight is 267 g/mol. The van der Waals surface area contributed by atoms with Crippen molar-refractivity contribution in [1.29, 1.82) is 0 Å². The van der Waals surface area contributed by atoms with E-state index in [1.807, 2.05) is 13.0 Å². The van der Waals surface area contributed by atoms with Crippen molar-refractivity contribution in [3.05, 3.63) is 29.6 Å². The van der Waals surface area contributed by atoms with Crippen LogP contribution in [0.2, 0.25) is 0 Å². The van der Waals surface area contributed by atoms with Crippen LogP contribution in [0.4, 0.5) is 9.52 Å². The van der Waals surface area contributed by atoms with E-state index in [0.717, 1.165) is 5.56 Å². The molecule has 2 aromatic rings. The zero-order valence-electron chi connectivity index (χ0n) is 10.2. The lowest BCUT2D eigenvalue weighted by atomic mass is 10.1. The molecule has 0 saturated carbocycles. The molecule has 0 aliphatic carbocycles. The lowest BCUT2D eigenvalue weighted by Gasteiger charge is -2.00. The molecule has 1 aromatic carbocycles. The number of ether oxygens (including phenoxy) is 1. The molecular weight excluding hydrogens is 253 g/mol. The summed E-state index contributed by atoms with van der Waals surface area (Å²) < 4.78 is 22.4. The summed E-state index contributed by atoms with van der Waals surface area (Å²) in [4.78, 5) is 4.31. The van der Waals surface area contributed by atoms with Gasteiger partial charge in [0.2, 0.25) is 5.13 Å². The van der Waals surface area contributed by atoms with Crippen LogP contribution in [0.25, 0.3) is 11.4 Å². The van der Waals surface area contributed by atoms with E-state index < -0.39 is 0 Å². The first-order valence-corrected chi connectivity index (χ1v) is 6.30. The summed E-state index contributed by atoms with van der Waals surface area (Å²) in [6, 6.07) is 4.78. The molecule has 0 spiro atoms. The van der Waals surface area contributed by atoms with Crippen LogP contribution in [0.5, 0.6) is 0 Å². The van der Waals surface area contributed by atoms with Crippen molar-refractivity contribution in [2.75, 3.05) is 25.6 Å². The van der Waals surface area contributed by atoms with Crippen LogP contribution >= 0.6 is 11.5 Å². The SMILES string of the molecule is COCCNc1nc(-c2cc(C)cc(F)c2)ns1. The number of benzene rings is 1. The van der Waals surface area contributed by atoms with Crippen LogP contribution in [0.15, 0.2) is 18.2 Å². The minimum Gasteiger partial charge on any atom is -0.383 e. The van der Waals surface area contributed by atoms with Crippen molar-refractivity contribution >= 4 is 16.7 Å². The second-order valence-corrected chi connectivity index (χ2v) is 4.61. The standard InChI is InChI=1S/C12H14FN3OS/c1-8-5-9(7-10(13)6-8)11-15-12(18-16-11)14-3-4-17-2/h5-7H,3-4H2,1-2H3,(H,14,15,16). The predicted molar refractivity (Wildman–Crippen MR) is 70.4 cm³/mol. The van der Waals surface area contributed by atoms with Crippen molar-refractivity contribution in [3.63, 3.8) is 0 Å². The highest BCUT2D eigenvalue weighted by Gasteiger charge is 2.08. The molecule has 1 heterocycles. The zero-order chi connectivity index (χ0) is 13.0. The van der Waals surface area contributed by atoms with E-state index in [4.69, 9.17) is 4.74 Å². The molecule has 6 heteroatoms. The minimum atomic E-state index is -0.270. The molecule has 18 heavy (non-hydrogen) atoms. The second kappa shape index (κ2) is 5.88. The van der Waals surface area contributed by atoms with Crippen molar-refractivity contribution < 1.29 is 9.13 Å². The Morgan fingerprint density at radius 2 is 2.22 bits per heavy atom. The van der Waals surface area contributed by atoms with Gasteiger partial charge in [-0.1, -0.05) is 0 Å². The molecule has 1 aromatic heterocycles. The number of aryl methyl sites for hydroxylation is 1. The van der Waals surface area contributed by atoms with Gasteiger partial charge in [-0.25, -0.2) is 4.39 Å². The van der Waals surface area contributed by atoms with Crippen molar-refractivity contribution in [2.24, 2.45) is 0 Å². The van der Waals surface area contributed by atoms with Crippen molar-refractivity contribution in [3.8, 4) is 11.4 Å². The van der Waals surface area contributed by atoms with Gasteiger partial charge in [-0.05, 0) is 30.7 Å². The smallest absolute Gasteiger partial charge is 0.202 e. The predicted octanol–water partition coefficient (Wildman–Crippen LogP) is 2.71. The molecule has 0 radical (unpaired) electrons. The summed E-state index contributed by atoms with van der Waals surface area (Å²) in [5.41, 5.74) is 1.55. The highest BCUT2D eigenvalue weighted by atomic mass is 32.1. The van der Waals surface area contributed by atoms with E-state index in [-0.39, 0.29) is 5.82 Å². The summed E-state index contributed by atoms with van der Waals surface area (Å²) in [6.45, 7) is 3.12. The summed E-state index contributed by atoms with van der Waals surface area (Å²) in [6.07, 6.45) is 0. The lowest BCUT2D eigenvalue weighted by molar-refractivity contribution is 0.211. The summed E-state index contributed by atoms with van der Waals surface area (Å²) >= 11 is 1.26. The first kappa shape index (κ1) is 12.9. The summed E-state index contributed by atoms with van der Waals surface area (Å²) in [5, 5.41) is 3.80. The lowest BCUT2D eigenvalue weighted by Crippen LogP contribution is -2.07. The third-order valence-electron chi connectivity index (χ3n) is 2.31. The normalized spacial score (nSPS) is 10.6. The Morgan fingerprint density at radius 1 is 1.39 bits per heavy atom. The van der Waals surface area contributed by atoms with E-state index in [1.165, 1.54) is 23.7 Å². The number of nitrogens with one attached hydrogen (secondary N) is 1. The number of halogens is 1. The van der Waals surface area contributed by atoms with Gasteiger partial charge in [0.05, 0.1) is 6.61 Å². The molecule has 0 saturated heterocycles. The Kier molecular flexibility index (Phi) is 4.22. The fourth-order valence-electron chi connectivity index (χ4n) is 1.54. The molecule has 0 aliphatic heterocycles. The van der Waals surface area contributed by atoms with Crippen LogP contribution in [0, 0.1) is 12.7 Å². The van der Waals surface area contributed by atoms with E-state index in [1.54, 1.807) is 7.11 Å². The van der Waals surface area contributed by atoms with Crippen LogP contribution in [-0.4, -0.2) is 29.6 Å². The fraction of sp³-hybridized carbons (Fsp3) is 0.333. The van der Waals surface area contributed by atoms with E-state index >= 15 is 0 Å². The number of anilines is 1. The van der Waals surface area contributed by atoms with Crippen molar-refractivity contribution in [1.82, 2.24) is 9.36 Å². The molecular formula is C12H14FN3OS. The molecule has 96 valence electrons. The molecule has 2 rings (SSSR count). The molecule has 0 unspecified atom stereocenters. The quantitative estimate of drug-likeness (QED) is 0.846. The Bertz CT molecular complexity index is 510. The van der Waals surface area contributed by atoms with Gasteiger partial charge in [0.15, 0.2) is 5.82 Å². The molecule has 0 bridgehead atoms. The fourth-order valence-corrected chi connectivity index (χ4v) is 2.15. The summed E-state index contributed by atoms with van der Waals surface area (Å²) in [7, 11) is 1.64. The zero-order valence-corrected chi connectivity index (χ0v) is 11.1. The summed E-state index contributed by atoms with van der Waals surface area (Å²) in [5.74, 6) is 0.274. The van der Waals surface area contributed by atoms with Gasteiger partial charge >= 0.3 is 0 Å². The maximum Gasteiger partial charge on any atom is 0.202 e. The molecule has 4 nitrogen and oxygen atoms in total. The number of methoxy groups -OCH3 is 1. The maximum absolute atomic E-state index is 13.3. The van der Waals surface area contributed by atoms with Gasteiger partial charge in [-0.15, -0.1) is 0 Å². The topological polar surface area (TPSA) is 47.0 Å². The Hall–Kier alpha value is -1.53. The highest BCUT2D eigenvalue weighted by molar-refractivity contribution is 7.09. The molecule has 0 atom stereocenters. The van der Waals surface area contributed by atoms with Gasteiger partial charge in [0.1, 0.15) is 5.82 Å². The Morgan fingerprint density at radius 3 is 2.94 bits per heavy atom. The third kappa shape index (κ3) is 3.24. The average Bonchev–Trinajstić information content (AvgIpc) is 2.77. The molecule has 0 fully saturated rings. The first-order valence-electron chi connectivity index (χ1n) is 5.53. The second-order valence-electron chi connectivity index (χ2n) is 3.86. The number of rotatable bonds is 5. The van der Waals surface area contributed by atoms with Crippen LogP contribution in [-0.2, 0) is 4.74 Å². The van der Waals surface area contributed by atoms with E-state index in [2.05, 4.69) is 14.7 Å². The Balaban J connectivity index is 2.13. The maximum atomic E-state index is 13.3. The Labute approximate surface area is 109 Å². The number of nitrogens with zero attached hydrogens (tertiary/aromatic N) is 2. The molecule has 0 aliphatic rings. The van der Waals surface area contributed by atoms with E-state index in [9.17, 15) is 4.39 Å². The third-order valence-corrected chi connectivity index (χ3v) is 2.98. The van der Waals surface area contributed by atoms with Crippen molar-refractivity contribution in [2.45, 2.75) is 6.92 Å². The number of hydrogen-bond acceptors (Lipinski definition) is 5. The minimum absolute atomic E-state index is 0.270. The van der Waals surface area contributed by atoms with Crippen LogP contribution in [0.3, 0.4) is 0 Å². The van der Waals surface area contributed by atoms with Crippen LogP contribution < -0.4 is 5.32 Å². The highest BCUT2D eigenvalue weighted by Crippen LogP contribution is 2.22.